The summed E-state index contributed by atoms with van der Waals surface area (Å²) in [6.45, 7) is 6.10. The van der Waals surface area contributed by atoms with Crippen molar-refractivity contribution in [1.82, 2.24) is 0 Å². The highest BCUT2D eigenvalue weighted by Gasteiger charge is 2.17. The molecular weight excluding hydrogens is 300 g/mol. The van der Waals surface area contributed by atoms with Gasteiger partial charge in [-0.15, -0.1) is 11.8 Å². The standard InChI is InChI=1S/C21H20OS/c1-14-8-9-19(12-15(14)2)21(22)16(3)23-20-11-10-17-6-4-5-7-18(17)13-20/h4-13,16H,1-3H3/t16-/m1/s1. The SMILES string of the molecule is Cc1ccc(C(=O)[C@@H](C)Sc2ccc3ccccc3c2)cc1C. The van der Waals surface area contributed by atoms with Crippen molar-refractivity contribution in [3.05, 3.63) is 77.4 Å². The van der Waals surface area contributed by atoms with E-state index in [9.17, 15) is 4.79 Å². The number of hydrogen-bond acceptors (Lipinski definition) is 2. The normalized spacial score (nSPS) is 12.3. The van der Waals surface area contributed by atoms with Crippen LogP contribution >= 0.6 is 11.8 Å². The topological polar surface area (TPSA) is 17.1 Å². The summed E-state index contributed by atoms with van der Waals surface area (Å²) in [6.07, 6.45) is 0. The van der Waals surface area contributed by atoms with Crippen molar-refractivity contribution in [3.8, 4) is 0 Å². The van der Waals surface area contributed by atoms with E-state index in [1.54, 1.807) is 11.8 Å². The number of hydrogen-bond donors (Lipinski definition) is 0. The Bertz CT molecular complexity index is 867. The minimum Gasteiger partial charge on any atom is -0.293 e. The van der Waals surface area contributed by atoms with Crippen LogP contribution in [0.1, 0.15) is 28.4 Å². The molecule has 3 aromatic carbocycles. The summed E-state index contributed by atoms with van der Waals surface area (Å²) in [5.74, 6) is 0.186. The third-order valence-electron chi connectivity index (χ3n) is 4.19. The van der Waals surface area contributed by atoms with E-state index >= 15 is 0 Å². The van der Waals surface area contributed by atoms with Crippen LogP contribution in [0.3, 0.4) is 0 Å². The van der Waals surface area contributed by atoms with Gasteiger partial charge in [0, 0.05) is 10.5 Å². The average Bonchev–Trinajstić information content (AvgIpc) is 2.56. The molecule has 2 heteroatoms. The van der Waals surface area contributed by atoms with E-state index in [4.69, 9.17) is 0 Å². The number of carbonyl (C=O) groups excluding carboxylic acids is 1. The van der Waals surface area contributed by atoms with Gasteiger partial charge in [-0.3, -0.25) is 4.79 Å². The zero-order valence-electron chi connectivity index (χ0n) is 13.7. The van der Waals surface area contributed by atoms with Gasteiger partial charge in [-0.05, 0) is 60.9 Å². The molecule has 0 amide bonds. The Labute approximate surface area is 141 Å². The van der Waals surface area contributed by atoms with E-state index in [1.165, 1.54) is 21.9 Å². The number of fused-ring (bicyclic) bond motifs is 1. The third-order valence-corrected chi connectivity index (χ3v) is 5.29. The Hall–Kier alpha value is -2.06. The summed E-state index contributed by atoms with van der Waals surface area (Å²) in [6, 6.07) is 20.6. The van der Waals surface area contributed by atoms with Gasteiger partial charge >= 0.3 is 0 Å². The molecule has 1 nitrogen and oxygen atoms in total. The quantitative estimate of drug-likeness (QED) is 0.445. The van der Waals surface area contributed by atoms with Crippen molar-refractivity contribution in [2.45, 2.75) is 30.9 Å². The van der Waals surface area contributed by atoms with Gasteiger partial charge in [-0.25, -0.2) is 0 Å². The molecule has 0 fully saturated rings. The molecule has 23 heavy (non-hydrogen) atoms. The molecule has 3 rings (SSSR count). The van der Waals surface area contributed by atoms with Crippen LogP contribution in [0, 0.1) is 13.8 Å². The van der Waals surface area contributed by atoms with Crippen LogP contribution in [-0.2, 0) is 0 Å². The van der Waals surface area contributed by atoms with Gasteiger partial charge in [0.25, 0.3) is 0 Å². The molecule has 0 unspecified atom stereocenters. The van der Waals surface area contributed by atoms with E-state index in [0.29, 0.717) is 0 Å². The van der Waals surface area contributed by atoms with E-state index in [2.05, 4.69) is 37.3 Å². The summed E-state index contributed by atoms with van der Waals surface area (Å²) in [5.41, 5.74) is 3.18. The molecule has 0 N–H and O–H groups in total. The molecule has 0 aliphatic rings. The fourth-order valence-electron chi connectivity index (χ4n) is 2.63. The molecule has 0 saturated heterocycles. The minimum atomic E-state index is -0.0988. The summed E-state index contributed by atoms with van der Waals surface area (Å²) in [4.78, 5) is 13.8. The van der Waals surface area contributed by atoms with Gasteiger partial charge in [0.15, 0.2) is 5.78 Å². The Kier molecular flexibility index (Phi) is 4.53. The summed E-state index contributed by atoms with van der Waals surface area (Å²) in [7, 11) is 0. The Morgan fingerprint density at radius 3 is 2.35 bits per heavy atom. The first-order chi connectivity index (χ1) is 11.0. The lowest BCUT2D eigenvalue weighted by Crippen LogP contribution is -2.13. The molecule has 1 atom stereocenters. The molecule has 0 bridgehead atoms. The van der Waals surface area contributed by atoms with E-state index < -0.39 is 0 Å². The molecule has 0 heterocycles. The van der Waals surface area contributed by atoms with Crippen LogP contribution in [0.25, 0.3) is 10.8 Å². The number of benzene rings is 3. The van der Waals surface area contributed by atoms with Crippen molar-refractivity contribution >= 4 is 28.3 Å². The molecule has 0 aliphatic carbocycles. The first-order valence-electron chi connectivity index (χ1n) is 7.81. The zero-order valence-corrected chi connectivity index (χ0v) is 14.5. The molecule has 116 valence electrons. The number of rotatable bonds is 4. The first-order valence-corrected chi connectivity index (χ1v) is 8.69. The molecule has 0 aliphatic heterocycles. The number of thioether (sulfide) groups is 1. The maximum Gasteiger partial charge on any atom is 0.175 e. The first kappa shape index (κ1) is 15.8. The lowest BCUT2D eigenvalue weighted by molar-refractivity contribution is 0.0994. The van der Waals surface area contributed by atoms with Crippen molar-refractivity contribution < 1.29 is 4.79 Å². The van der Waals surface area contributed by atoms with Crippen molar-refractivity contribution in [3.63, 3.8) is 0 Å². The third kappa shape index (κ3) is 3.48. The van der Waals surface area contributed by atoms with Crippen molar-refractivity contribution in [2.24, 2.45) is 0 Å². The zero-order chi connectivity index (χ0) is 16.4. The van der Waals surface area contributed by atoms with Gasteiger partial charge in [-0.1, -0.05) is 42.5 Å². The maximum atomic E-state index is 12.7. The number of aryl methyl sites for hydroxylation is 2. The van der Waals surface area contributed by atoms with Crippen LogP contribution in [0.15, 0.2) is 65.6 Å². The average molecular weight is 320 g/mol. The highest BCUT2D eigenvalue weighted by atomic mass is 32.2. The highest BCUT2D eigenvalue weighted by Crippen LogP contribution is 2.29. The fraction of sp³-hybridized carbons (Fsp3) is 0.190. The van der Waals surface area contributed by atoms with E-state index in [-0.39, 0.29) is 11.0 Å². The summed E-state index contributed by atoms with van der Waals surface area (Å²) < 4.78 is 0. The predicted octanol–water partition coefficient (Wildman–Crippen LogP) is 5.82. The lowest BCUT2D eigenvalue weighted by Gasteiger charge is -2.12. The fourth-order valence-corrected chi connectivity index (χ4v) is 3.62. The largest absolute Gasteiger partial charge is 0.293 e. The second kappa shape index (κ2) is 6.59. The number of carbonyl (C=O) groups is 1. The Balaban J connectivity index is 1.80. The molecular formula is C21H20OS. The highest BCUT2D eigenvalue weighted by molar-refractivity contribution is 8.00. The smallest absolute Gasteiger partial charge is 0.175 e. The van der Waals surface area contributed by atoms with Crippen LogP contribution in [0.2, 0.25) is 0 Å². The second-order valence-corrected chi connectivity index (χ2v) is 7.35. The van der Waals surface area contributed by atoms with Gasteiger partial charge in [0.2, 0.25) is 0 Å². The van der Waals surface area contributed by atoms with Gasteiger partial charge in [0.1, 0.15) is 0 Å². The second-order valence-electron chi connectivity index (χ2n) is 5.93. The summed E-state index contributed by atoms with van der Waals surface area (Å²) >= 11 is 1.62. The molecule has 0 aromatic heterocycles. The van der Waals surface area contributed by atoms with Crippen LogP contribution in [0.5, 0.6) is 0 Å². The molecule has 0 saturated carbocycles. The summed E-state index contributed by atoms with van der Waals surface area (Å²) in [5, 5.41) is 2.34. The Morgan fingerprint density at radius 1 is 0.870 bits per heavy atom. The lowest BCUT2D eigenvalue weighted by atomic mass is 10.0. The van der Waals surface area contributed by atoms with Crippen molar-refractivity contribution in [1.29, 1.82) is 0 Å². The van der Waals surface area contributed by atoms with Crippen molar-refractivity contribution in [2.75, 3.05) is 0 Å². The number of ketones is 1. The van der Waals surface area contributed by atoms with E-state index in [1.807, 2.05) is 44.2 Å². The predicted molar refractivity (Wildman–Crippen MR) is 99.5 cm³/mol. The van der Waals surface area contributed by atoms with Crippen LogP contribution in [-0.4, -0.2) is 11.0 Å². The number of Topliss-reactive ketones (excluding diaryl/α,β-unsaturated/α-hetero) is 1. The van der Waals surface area contributed by atoms with Gasteiger partial charge < -0.3 is 0 Å². The van der Waals surface area contributed by atoms with Gasteiger partial charge in [-0.2, -0.15) is 0 Å². The molecule has 0 radical (unpaired) electrons. The van der Waals surface area contributed by atoms with Crippen LogP contribution in [0.4, 0.5) is 0 Å². The maximum absolute atomic E-state index is 12.7. The van der Waals surface area contributed by atoms with Gasteiger partial charge in [0.05, 0.1) is 5.25 Å². The van der Waals surface area contributed by atoms with Crippen LogP contribution < -0.4 is 0 Å². The molecule has 3 aromatic rings. The Morgan fingerprint density at radius 2 is 1.61 bits per heavy atom. The van der Waals surface area contributed by atoms with E-state index in [0.717, 1.165) is 10.5 Å². The monoisotopic (exact) mass is 320 g/mol. The molecule has 0 spiro atoms. The minimum absolute atomic E-state index is 0.0988.